The molecule has 4 aliphatic carbocycles. The molecule has 2 fully saturated rings. The first-order valence-electron chi connectivity index (χ1n) is 12.5. The average Bonchev–Trinajstić information content (AvgIpc) is 3.15. The Labute approximate surface area is 198 Å². The molecule has 0 radical (unpaired) electrons. The Morgan fingerprint density at radius 1 is 1.18 bits per heavy atom. The van der Waals surface area contributed by atoms with Gasteiger partial charge in [0.1, 0.15) is 0 Å². The highest BCUT2D eigenvalue weighted by Gasteiger charge is 2.57. The second kappa shape index (κ2) is 8.50. The van der Waals surface area contributed by atoms with E-state index in [2.05, 4.69) is 48.3 Å². The van der Waals surface area contributed by atoms with Crippen LogP contribution in [0.2, 0.25) is 0 Å². The zero-order valence-electron chi connectivity index (χ0n) is 20.5. The molecule has 5 rings (SSSR count). The lowest BCUT2D eigenvalue weighted by molar-refractivity contribution is -0.144. The summed E-state index contributed by atoms with van der Waals surface area (Å²) in [7, 11) is 3.71. The van der Waals surface area contributed by atoms with E-state index in [-0.39, 0.29) is 23.3 Å². The van der Waals surface area contributed by atoms with E-state index >= 15 is 0 Å². The van der Waals surface area contributed by atoms with Crippen LogP contribution in [0.25, 0.3) is 5.57 Å². The van der Waals surface area contributed by atoms with Gasteiger partial charge in [0, 0.05) is 12.4 Å². The fourth-order valence-electron chi connectivity index (χ4n) is 7.58. The van der Waals surface area contributed by atoms with E-state index in [0.29, 0.717) is 0 Å². The van der Waals surface area contributed by atoms with Crippen LogP contribution in [0, 0.1) is 28.6 Å². The molecule has 0 N–H and O–H groups in total. The average molecular weight is 448 g/mol. The van der Waals surface area contributed by atoms with Crippen LogP contribution >= 0.6 is 0 Å². The first kappa shape index (κ1) is 22.5. The summed E-state index contributed by atoms with van der Waals surface area (Å²) in [4.78, 5) is 23.3. The van der Waals surface area contributed by atoms with Crippen molar-refractivity contribution < 1.29 is 9.63 Å². The van der Waals surface area contributed by atoms with Crippen LogP contribution in [0.5, 0.6) is 0 Å². The van der Waals surface area contributed by atoms with E-state index in [9.17, 15) is 4.79 Å². The lowest BCUT2D eigenvalue weighted by Crippen LogP contribution is -2.49. The highest BCUT2D eigenvalue weighted by atomic mass is 16.7. The SMILES string of the molecule is CN(C)CC(=O)ON=C1C=C2CC[C@H]3[C@H](CC[C@]4(C)C(c5cccnc5)=CC[C@@H]34)[C@@]2(C)CC1. The van der Waals surface area contributed by atoms with Gasteiger partial charge in [-0.25, -0.2) is 4.79 Å². The molecule has 5 nitrogen and oxygen atoms in total. The molecule has 0 bridgehead atoms. The maximum atomic E-state index is 11.9. The summed E-state index contributed by atoms with van der Waals surface area (Å²) >= 11 is 0. The number of fused-ring (bicyclic) bond motifs is 5. The summed E-state index contributed by atoms with van der Waals surface area (Å²) in [5, 5.41) is 4.22. The maximum absolute atomic E-state index is 11.9. The van der Waals surface area contributed by atoms with Crippen LogP contribution in [-0.2, 0) is 9.63 Å². The highest BCUT2D eigenvalue weighted by molar-refractivity contribution is 5.96. The molecule has 33 heavy (non-hydrogen) atoms. The normalized spacial score (nSPS) is 36.5. The highest BCUT2D eigenvalue weighted by Crippen LogP contribution is 2.66. The smallest absolute Gasteiger partial charge is 0.317 e. The van der Waals surface area contributed by atoms with Gasteiger partial charge >= 0.3 is 5.97 Å². The van der Waals surface area contributed by atoms with Crippen LogP contribution in [0.1, 0.15) is 64.4 Å². The summed E-state index contributed by atoms with van der Waals surface area (Å²) in [6, 6.07) is 4.30. The van der Waals surface area contributed by atoms with Gasteiger partial charge in [0.15, 0.2) is 0 Å². The topological polar surface area (TPSA) is 54.8 Å². The zero-order valence-corrected chi connectivity index (χ0v) is 20.5. The van der Waals surface area contributed by atoms with Crippen molar-refractivity contribution in [3.05, 3.63) is 47.8 Å². The Morgan fingerprint density at radius 3 is 2.79 bits per heavy atom. The quantitative estimate of drug-likeness (QED) is 0.452. The first-order valence-corrected chi connectivity index (χ1v) is 12.5. The molecular weight excluding hydrogens is 410 g/mol. The molecule has 1 heterocycles. The summed E-state index contributed by atoms with van der Waals surface area (Å²) in [5.41, 5.74) is 5.81. The van der Waals surface area contributed by atoms with Gasteiger partial charge in [0.05, 0.1) is 12.3 Å². The fraction of sp³-hybridized carbons (Fsp3) is 0.607. The minimum Gasteiger partial charge on any atom is -0.317 e. The third-order valence-electron chi connectivity index (χ3n) is 9.24. The van der Waals surface area contributed by atoms with Gasteiger partial charge in [-0.3, -0.25) is 9.88 Å². The second-order valence-electron chi connectivity index (χ2n) is 11.3. The van der Waals surface area contributed by atoms with Crippen LogP contribution in [-0.4, -0.2) is 42.2 Å². The monoisotopic (exact) mass is 447 g/mol. The molecule has 1 aromatic heterocycles. The Hall–Kier alpha value is -2.27. The third-order valence-corrected chi connectivity index (χ3v) is 9.24. The predicted octanol–water partition coefficient (Wildman–Crippen LogP) is 5.50. The predicted molar refractivity (Wildman–Crippen MR) is 131 cm³/mol. The Bertz CT molecular complexity index is 1010. The van der Waals surface area contributed by atoms with Crippen molar-refractivity contribution in [2.24, 2.45) is 33.7 Å². The van der Waals surface area contributed by atoms with Gasteiger partial charge in [0.2, 0.25) is 0 Å². The molecule has 0 unspecified atom stereocenters. The van der Waals surface area contributed by atoms with E-state index in [1.54, 1.807) is 4.90 Å². The number of hydrogen-bond acceptors (Lipinski definition) is 5. The summed E-state index contributed by atoms with van der Waals surface area (Å²) in [6.45, 7) is 5.27. The number of likely N-dealkylation sites (N-methyl/N-ethyl adjacent to an activating group) is 1. The van der Waals surface area contributed by atoms with E-state index in [0.717, 1.165) is 42.7 Å². The van der Waals surface area contributed by atoms with Crippen molar-refractivity contribution >= 4 is 17.3 Å². The number of allylic oxidation sites excluding steroid dienone is 4. The van der Waals surface area contributed by atoms with E-state index in [1.807, 2.05) is 26.5 Å². The molecule has 4 aliphatic rings. The number of carbonyl (C=O) groups is 1. The Kier molecular flexibility index (Phi) is 5.80. The molecule has 1 aromatic rings. The summed E-state index contributed by atoms with van der Waals surface area (Å²) in [5.74, 6) is 1.93. The van der Waals surface area contributed by atoms with Crippen LogP contribution in [0.4, 0.5) is 0 Å². The Balaban J connectivity index is 1.34. The van der Waals surface area contributed by atoms with Crippen molar-refractivity contribution in [1.29, 1.82) is 0 Å². The number of oxime groups is 1. The van der Waals surface area contributed by atoms with E-state index in [1.165, 1.54) is 42.4 Å². The lowest BCUT2D eigenvalue weighted by atomic mass is 9.46. The number of rotatable bonds is 4. The molecule has 2 saturated carbocycles. The second-order valence-corrected chi connectivity index (χ2v) is 11.3. The number of hydrogen-bond donors (Lipinski definition) is 0. The molecule has 176 valence electrons. The van der Waals surface area contributed by atoms with Crippen molar-refractivity contribution in [3.8, 4) is 0 Å². The molecule has 5 atom stereocenters. The van der Waals surface area contributed by atoms with Gasteiger partial charge in [-0.05, 0) is 111 Å². The molecule has 0 aromatic carbocycles. The largest absolute Gasteiger partial charge is 0.348 e. The molecule has 0 spiro atoms. The van der Waals surface area contributed by atoms with Crippen molar-refractivity contribution in [3.63, 3.8) is 0 Å². The fourth-order valence-corrected chi connectivity index (χ4v) is 7.58. The standard InChI is InChI=1S/C28H37N3O2/c1-27-13-11-21(30-33-26(32)18-31(3)4)16-20(27)7-8-22-24-10-9-23(19-6-5-15-29-17-19)28(24,2)14-12-25(22)27/h5-6,9,15-17,22,24-25H,7-8,10-14,18H2,1-4H3/t22-,24+,25+,27+,28-/m1/s1. The lowest BCUT2D eigenvalue weighted by Gasteiger charge is -2.58. The van der Waals surface area contributed by atoms with Crippen molar-refractivity contribution in [2.45, 2.75) is 58.8 Å². The minimum atomic E-state index is -0.298. The summed E-state index contributed by atoms with van der Waals surface area (Å²) in [6.07, 6.45) is 16.8. The minimum absolute atomic E-state index is 0.244. The number of nitrogens with zero attached hydrogens (tertiary/aromatic N) is 3. The van der Waals surface area contributed by atoms with Gasteiger partial charge in [-0.1, -0.05) is 36.7 Å². The van der Waals surface area contributed by atoms with Crippen LogP contribution in [0.15, 0.2) is 47.4 Å². The zero-order chi connectivity index (χ0) is 23.2. The van der Waals surface area contributed by atoms with Crippen molar-refractivity contribution in [1.82, 2.24) is 9.88 Å². The first-order chi connectivity index (χ1) is 15.8. The molecular formula is C28H37N3O2. The Morgan fingerprint density at radius 2 is 2.03 bits per heavy atom. The van der Waals surface area contributed by atoms with E-state index < -0.39 is 0 Å². The van der Waals surface area contributed by atoms with Crippen LogP contribution in [0.3, 0.4) is 0 Å². The van der Waals surface area contributed by atoms with Gasteiger partial charge in [-0.2, -0.15) is 0 Å². The van der Waals surface area contributed by atoms with Crippen LogP contribution < -0.4 is 0 Å². The molecule has 0 amide bonds. The molecule has 0 saturated heterocycles. The number of aromatic nitrogens is 1. The molecule has 5 heteroatoms. The van der Waals surface area contributed by atoms with Gasteiger partial charge < -0.3 is 4.84 Å². The van der Waals surface area contributed by atoms with Gasteiger partial charge in [-0.15, -0.1) is 0 Å². The maximum Gasteiger partial charge on any atom is 0.348 e. The number of pyridine rings is 1. The third kappa shape index (κ3) is 3.88. The van der Waals surface area contributed by atoms with Gasteiger partial charge in [0.25, 0.3) is 0 Å². The van der Waals surface area contributed by atoms with E-state index in [4.69, 9.17) is 4.84 Å². The van der Waals surface area contributed by atoms with Crippen molar-refractivity contribution in [2.75, 3.05) is 20.6 Å². The molecule has 0 aliphatic heterocycles. The summed E-state index contributed by atoms with van der Waals surface area (Å²) < 4.78 is 0. The number of carbonyl (C=O) groups excluding carboxylic acids is 1.